The number of rotatable bonds is 7. The fourth-order valence-corrected chi connectivity index (χ4v) is 1.11. The van der Waals surface area contributed by atoms with Crippen molar-refractivity contribution in [3.05, 3.63) is 0 Å². The molecule has 0 aromatic rings. The molecule has 1 radical (unpaired) electrons. The zero-order valence-electron chi connectivity index (χ0n) is 8.93. The molecule has 0 heterocycles. The van der Waals surface area contributed by atoms with E-state index < -0.39 is 0 Å². The first-order valence-corrected chi connectivity index (χ1v) is 5.14. The Bertz CT molecular complexity index is 91.8. The minimum absolute atomic E-state index is 0.372. The van der Waals surface area contributed by atoms with Crippen LogP contribution in [-0.2, 0) is 0 Å². The van der Waals surface area contributed by atoms with Crippen LogP contribution >= 0.6 is 0 Å². The highest BCUT2D eigenvalue weighted by molar-refractivity contribution is 4.64. The van der Waals surface area contributed by atoms with E-state index in [4.69, 9.17) is 0 Å². The highest BCUT2D eigenvalue weighted by atomic mass is 15.1. The third kappa shape index (κ3) is 6.62. The van der Waals surface area contributed by atoms with Crippen LogP contribution in [0.3, 0.4) is 0 Å². The summed E-state index contributed by atoms with van der Waals surface area (Å²) in [6, 6.07) is 0.448. The first-order chi connectivity index (χ1) is 5.70. The lowest BCUT2D eigenvalue weighted by molar-refractivity contribution is 0.372. The van der Waals surface area contributed by atoms with Crippen molar-refractivity contribution < 1.29 is 0 Å². The van der Waals surface area contributed by atoms with Crippen molar-refractivity contribution in [2.24, 2.45) is 0 Å². The molecule has 0 aromatic heterocycles. The van der Waals surface area contributed by atoms with Gasteiger partial charge in [0.05, 0.1) is 6.17 Å². The molecule has 1 N–H and O–H groups in total. The Hall–Kier alpha value is -0.0800. The second kappa shape index (κ2) is 7.56. The maximum absolute atomic E-state index is 4.56. The van der Waals surface area contributed by atoms with Crippen molar-refractivity contribution in [3.8, 4) is 0 Å². The van der Waals surface area contributed by atoms with Crippen LogP contribution in [0.15, 0.2) is 0 Å². The van der Waals surface area contributed by atoms with Crippen LogP contribution < -0.4 is 10.6 Å². The van der Waals surface area contributed by atoms with E-state index >= 15 is 0 Å². The molecule has 0 aliphatic carbocycles. The monoisotopic (exact) mass is 171 g/mol. The van der Waals surface area contributed by atoms with Gasteiger partial charge in [-0.15, -0.1) is 0 Å². The predicted molar refractivity (Wildman–Crippen MR) is 54.3 cm³/mol. The van der Waals surface area contributed by atoms with Crippen LogP contribution in [0.5, 0.6) is 0 Å². The number of nitrogens with zero attached hydrogens (tertiary/aromatic N) is 1. The largest absolute Gasteiger partial charge is 0.301 e. The summed E-state index contributed by atoms with van der Waals surface area (Å²) < 4.78 is 0. The molecule has 2 heteroatoms. The van der Waals surface area contributed by atoms with Crippen LogP contribution in [-0.4, -0.2) is 18.8 Å². The summed E-state index contributed by atoms with van der Waals surface area (Å²) in [5.74, 6) is 0. The quantitative estimate of drug-likeness (QED) is 0.583. The minimum Gasteiger partial charge on any atom is -0.301 e. The van der Waals surface area contributed by atoms with Crippen molar-refractivity contribution >= 4 is 0 Å². The van der Waals surface area contributed by atoms with E-state index in [2.05, 4.69) is 38.3 Å². The molecule has 1 atom stereocenters. The first kappa shape index (κ1) is 11.9. The zero-order valence-corrected chi connectivity index (χ0v) is 8.93. The molecule has 0 saturated heterocycles. The van der Waals surface area contributed by atoms with Gasteiger partial charge in [0.15, 0.2) is 0 Å². The van der Waals surface area contributed by atoms with Gasteiger partial charge in [0.2, 0.25) is 0 Å². The molecule has 0 saturated carbocycles. The van der Waals surface area contributed by atoms with Gasteiger partial charge in [-0.05, 0) is 33.2 Å². The molecule has 0 fully saturated rings. The predicted octanol–water partition coefficient (Wildman–Crippen LogP) is 2.12. The van der Waals surface area contributed by atoms with E-state index in [0.717, 1.165) is 13.0 Å². The molecule has 0 aliphatic heterocycles. The molecule has 2 nitrogen and oxygen atoms in total. The summed E-state index contributed by atoms with van der Waals surface area (Å²) in [5.41, 5.74) is 0. The molecular weight excluding hydrogens is 148 g/mol. The summed E-state index contributed by atoms with van der Waals surface area (Å²) in [4.78, 5) is 0. The van der Waals surface area contributed by atoms with Gasteiger partial charge < -0.3 is 5.32 Å². The number of unbranched alkanes of at least 4 members (excludes halogenated alkanes) is 1. The molecule has 0 amide bonds. The number of nitrogens with one attached hydrogen (secondary N) is 1. The Balaban J connectivity index is 3.39. The van der Waals surface area contributed by atoms with Gasteiger partial charge in [0.1, 0.15) is 0 Å². The lowest BCUT2D eigenvalue weighted by atomic mass is 10.3. The summed E-state index contributed by atoms with van der Waals surface area (Å²) in [5, 5.41) is 7.99. The van der Waals surface area contributed by atoms with Gasteiger partial charge in [-0.25, -0.2) is 5.32 Å². The SMILES string of the molecule is CCCCNC(CC)[N]C(C)C. The Labute approximate surface area is 77.1 Å². The fourth-order valence-electron chi connectivity index (χ4n) is 1.11. The molecule has 0 aromatic carbocycles. The fraction of sp³-hybridized carbons (Fsp3) is 1.00. The lowest BCUT2D eigenvalue weighted by Crippen LogP contribution is -2.40. The summed E-state index contributed by atoms with van der Waals surface area (Å²) in [7, 11) is 0. The van der Waals surface area contributed by atoms with Crippen LogP contribution in [0.4, 0.5) is 0 Å². The van der Waals surface area contributed by atoms with E-state index in [1.165, 1.54) is 12.8 Å². The Kier molecular flexibility index (Phi) is 7.51. The lowest BCUT2D eigenvalue weighted by Gasteiger charge is -2.18. The minimum atomic E-state index is 0.372. The van der Waals surface area contributed by atoms with E-state index in [0.29, 0.717) is 12.2 Å². The third-order valence-corrected chi connectivity index (χ3v) is 1.78. The smallest absolute Gasteiger partial charge is 0.0736 e. The molecule has 1 unspecified atom stereocenters. The Morgan fingerprint density at radius 1 is 1.25 bits per heavy atom. The van der Waals surface area contributed by atoms with Crippen molar-refractivity contribution in [2.45, 2.75) is 59.2 Å². The normalized spacial score (nSPS) is 13.8. The number of hydrogen-bond donors (Lipinski definition) is 1. The Morgan fingerprint density at radius 2 is 1.92 bits per heavy atom. The van der Waals surface area contributed by atoms with Gasteiger partial charge in [-0.3, -0.25) is 0 Å². The van der Waals surface area contributed by atoms with Crippen molar-refractivity contribution in [3.63, 3.8) is 0 Å². The molecular formula is C10H23N2. The molecule has 0 spiro atoms. The standard InChI is InChI=1S/C10H23N2/c1-5-7-8-11-10(6-2)12-9(3)4/h9-11H,5-8H2,1-4H3. The average Bonchev–Trinajstić information content (AvgIpc) is 2.02. The second-order valence-corrected chi connectivity index (χ2v) is 3.47. The van der Waals surface area contributed by atoms with Gasteiger partial charge in [-0.1, -0.05) is 20.3 Å². The maximum Gasteiger partial charge on any atom is 0.0736 e. The topological polar surface area (TPSA) is 26.1 Å². The van der Waals surface area contributed by atoms with Crippen LogP contribution in [0, 0.1) is 0 Å². The van der Waals surface area contributed by atoms with Crippen molar-refractivity contribution in [2.75, 3.05) is 6.54 Å². The molecule has 0 aliphatic rings. The van der Waals surface area contributed by atoms with Gasteiger partial charge in [0, 0.05) is 6.04 Å². The number of hydrogen-bond acceptors (Lipinski definition) is 1. The zero-order chi connectivity index (χ0) is 9.40. The van der Waals surface area contributed by atoms with Crippen LogP contribution in [0.2, 0.25) is 0 Å². The highest BCUT2D eigenvalue weighted by Gasteiger charge is 2.06. The maximum atomic E-state index is 4.56. The third-order valence-electron chi connectivity index (χ3n) is 1.78. The van der Waals surface area contributed by atoms with E-state index in [1.807, 2.05) is 0 Å². The first-order valence-electron chi connectivity index (χ1n) is 5.14. The Morgan fingerprint density at radius 3 is 2.33 bits per heavy atom. The molecule has 12 heavy (non-hydrogen) atoms. The highest BCUT2D eigenvalue weighted by Crippen LogP contribution is 1.93. The van der Waals surface area contributed by atoms with Crippen LogP contribution in [0.25, 0.3) is 0 Å². The second-order valence-electron chi connectivity index (χ2n) is 3.47. The molecule has 0 bridgehead atoms. The van der Waals surface area contributed by atoms with Gasteiger partial charge >= 0.3 is 0 Å². The van der Waals surface area contributed by atoms with Crippen molar-refractivity contribution in [1.29, 1.82) is 0 Å². The van der Waals surface area contributed by atoms with E-state index in [1.54, 1.807) is 0 Å². The summed E-state index contributed by atoms with van der Waals surface area (Å²) >= 11 is 0. The van der Waals surface area contributed by atoms with E-state index in [9.17, 15) is 0 Å². The van der Waals surface area contributed by atoms with Crippen molar-refractivity contribution in [1.82, 2.24) is 10.6 Å². The van der Waals surface area contributed by atoms with E-state index in [-0.39, 0.29) is 0 Å². The summed E-state index contributed by atoms with van der Waals surface area (Å²) in [6.45, 7) is 9.75. The average molecular weight is 171 g/mol. The van der Waals surface area contributed by atoms with Gasteiger partial charge in [-0.2, -0.15) is 0 Å². The van der Waals surface area contributed by atoms with Gasteiger partial charge in [0.25, 0.3) is 0 Å². The summed E-state index contributed by atoms with van der Waals surface area (Å²) in [6.07, 6.45) is 3.98. The molecule has 73 valence electrons. The molecule has 0 rings (SSSR count). The van der Waals surface area contributed by atoms with Crippen LogP contribution in [0.1, 0.15) is 47.0 Å².